The van der Waals surface area contributed by atoms with E-state index in [1.165, 1.54) is 11.1 Å². The zero-order valence-corrected chi connectivity index (χ0v) is 16.4. The Bertz CT molecular complexity index is 726. The summed E-state index contributed by atoms with van der Waals surface area (Å²) in [5.74, 6) is 0.00339. The van der Waals surface area contributed by atoms with Gasteiger partial charge in [-0.05, 0) is 24.5 Å². The SMILES string of the molecule is CCC(C(=O)NCC(c1cccc(C)c1)N1CCOCC1)c1ccccc1. The van der Waals surface area contributed by atoms with Gasteiger partial charge in [0, 0.05) is 19.6 Å². The van der Waals surface area contributed by atoms with Crippen LogP contribution in [0.1, 0.15) is 42.0 Å². The van der Waals surface area contributed by atoms with Gasteiger partial charge in [0.1, 0.15) is 0 Å². The molecule has 0 aliphatic carbocycles. The van der Waals surface area contributed by atoms with Gasteiger partial charge in [-0.25, -0.2) is 0 Å². The molecule has 1 heterocycles. The first-order valence-electron chi connectivity index (χ1n) is 9.90. The molecule has 2 aromatic carbocycles. The van der Waals surface area contributed by atoms with Crippen molar-refractivity contribution in [3.8, 4) is 0 Å². The Hall–Kier alpha value is -2.17. The fraction of sp³-hybridized carbons (Fsp3) is 0.435. The van der Waals surface area contributed by atoms with Crippen LogP contribution in [0.5, 0.6) is 0 Å². The molecule has 4 heteroatoms. The van der Waals surface area contributed by atoms with E-state index in [-0.39, 0.29) is 17.9 Å². The van der Waals surface area contributed by atoms with Crippen molar-refractivity contribution in [3.05, 3.63) is 71.3 Å². The van der Waals surface area contributed by atoms with Crippen LogP contribution >= 0.6 is 0 Å². The Labute approximate surface area is 162 Å². The zero-order valence-electron chi connectivity index (χ0n) is 16.4. The number of hydrogen-bond acceptors (Lipinski definition) is 3. The molecule has 2 aromatic rings. The van der Waals surface area contributed by atoms with E-state index in [0.29, 0.717) is 6.54 Å². The average molecular weight is 367 g/mol. The lowest BCUT2D eigenvalue weighted by Crippen LogP contribution is -2.44. The first-order valence-corrected chi connectivity index (χ1v) is 9.90. The van der Waals surface area contributed by atoms with Gasteiger partial charge in [0.15, 0.2) is 0 Å². The van der Waals surface area contributed by atoms with E-state index in [1.54, 1.807) is 0 Å². The standard InChI is InChI=1S/C23H30N2O2/c1-3-21(19-9-5-4-6-10-19)23(26)24-17-22(25-12-14-27-15-13-25)20-11-7-8-18(2)16-20/h4-11,16,21-22H,3,12-15,17H2,1-2H3,(H,24,26). The van der Waals surface area contributed by atoms with Crippen LogP contribution in [0.2, 0.25) is 0 Å². The third-order valence-corrected chi connectivity index (χ3v) is 5.31. The summed E-state index contributed by atoms with van der Waals surface area (Å²) >= 11 is 0. The molecule has 1 saturated heterocycles. The molecular weight excluding hydrogens is 336 g/mol. The van der Waals surface area contributed by atoms with Gasteiger partial charge >= 0.3 is 0 Å². The summed E-state index contributed by atoms with van der Waals surface area (Å²) in [6.45, 7) is 8.08. The lowest BCUT2D eigenvalue weighted by Gasteiger charge is -2.35. The number of amides is 1. The van der Waals surface area contributed by atoms with Crippen molar-refractivity contribution < 1.29 is 9.53 Å². The Kier molecular flexibility index (Phi) is 7.02. The van der Waals surface area contributed by atoms with Crippen LogP contribution < -0.4 is 5.32 Å². The molecule has 1 aliphatic rings. The van der Waals surface area contributed by atoms with Crippen molar-refractivity contribution in [1.82, 2.24) is 10.2 Å². The summed E-state index contributed by atoms with van der Waals surface area (Å²) in [6, 6.07) is 18.8. The highest BCUT2D eigenvalue weighted by atomic mass is 16.5. The smallest absolute Gasteiger partial charge is 0.227 e. The van der Waals surface area contributed by atoms with Gasteiger partial charge in [-0.2, -0.15) is 0 Å². The van der Waals surface area contributed by atoms with Crippen LogP contribution in [0.25, 0.3) is 0 Å². The summed E-state index contributed by atoms with van der Waals surface area (Å²) < 4.78 is 5.52. The number of carbonyl (C=O) groups excluding carboxylic acids is 1. The van der Waals surface area contributed by atoms with Crippen LogP contribution in [0, 0.1) is 6.92 Å². The number of nitrogens with one attached hydrogen (secondary N) is 1. The monoisotopic (exact) mass is 366 g/mol. The highest BCUT2D eigenvalue weighted by Gasteiger charge is 2.25. The van der Waals surface area contributed by atoms with Gasteiger partial charge in [-0.1, -0.05) is 67.1 Å². The molecular formula is C23H30N2O2. The van der Waals surface area contributed by atoms with Gasteiger partial charge in [0.25, 0.3) is 0 Å². The molecule has 4 nitrogen and oxygen atoms in total. The predicted molar refractivity (Wildman–Crippen MR) is 109 cm³/mol. The Morgan fingerprint density at radius 3 is 2.44 bits per heavy atom. The molecule has 1 N–H and O–H groups in total. The zero-order chi connectivity index (χ0) is 19.1. The molecule has 2 atom stereocenters. The maximum absolute atomic E-state index is 12.9. The molecule has 27 heavy (non-hydrogen) atoms. The Morgan fingerprint density at radius 2 is 1.78 bits per heavy atom. The molecule has 1 amide bonds. The largest absolute Gasteiger partial charge is 0.379 e. The molecule has 1 aliphatic heterocycles. The fourth-order valence-electron chi connectivity index (χ4n) is 3.80. The van der Waals surface area contributed by atoms with E-state index in [1.807, 2.05) is 30.3 Å². The van der Waals surface area contributed by atoms with E-state index >= 15 is 0 Å². The first kappa shape index (κ1) is 19.6. The van der Waals surface area contributed by atoms with Crippen molar-refractivity contribution in [1.29, 1.82) is 0 Å². The summed E-state index contributed by atoms with van der Waals surface area (Å²) in [5, 5.41) is 3.23. The van der Waals surface area contributed by atoms with Gasteiger partial charge in [0.2, 0.25) is 5.91 Å². The van der Waals surface area contributed by atoms with Gasteiger partial charge < -0.3 is 10.1 Å². The summed E-state index contributed by atoms with van der Waals surface area (Å²) in [6.07, 6.45) is 0.794. The topological polar surface area (TPSA) is 41.6 Å². The molecule has 0 aromatic heterocycles. The minimum absolute atomic E-state index is 0.103. The van der Waals surface area contributed by atoms with E-state index in [0.717, 1.165) is 38.3 Å². The fourth-order valence-corrected chi connectivity index (χ4v) is 3.80. The van der Waals surface area contributed by atoms with Gasteiger partial charge in [-0.3, -0.25) is 9.69 Å². The lowest BCUT2D eigenvalue weighted by atomic mass is 9.95. The van der Waals surface area contributed by atoms with E-state index in [9.17, 15) is 4.79 Å². The van der Waals surface area contributed by atoms with E-state index in [2.05, 4.69) is 48.3 Å². The first-order chi connectivity index (χ1) is 13.2. The van der Waals surface area contributed by atoms with E-state index in [4.69, 9.17) is 4.74 Å². The number of rotatable bonds is 7. The Balaban J connectivity index is 1.72. The maximum Gasteiger partial charge on any atom is 0.227 e. The third kappa shape index (κ3) is 5.18. The highest BCUT2D eigenvalue weighted by molar-refractivity contribution is 5.83. The van der Waals surface area contributed by atoms with Crippen LogP contribution in [-0.2, 0) is 9.53 Å². The van der Waals surface area contributed by atoms with Crippen molar-refractivity contribution in [3.63, 3.8) is 0 Å². The molecule has 144 valence electrons. The van der Waals surface area contributed by atoms with Crippen LogP contribution in [0.3, 0.4) is 0 Å². The molecule has 0 bridgehead atoms. The van der Waals surface area contributed by atoms with Crippen molar-refractivity contribution in [2.75, 3.05) is 32.8 Å². The number of ether oxygens (including phenoxy) is 1. The van der Waals surface area contributed by atoms with Gasteiger partial charge in [-0.15, -0.1) is 0 Å². The molecule has 2 unspecified atom stereocenters. The average Bonchev–Trinajstić information content (AvgIpc) is 2.70. The molecule has 0 radical (unpaired) electrons. The predicted octanol–water partition coefficient (Wildman–Crippen LogP) is 3.68. The summed E-state index contributed by atoms with van der Waals surface area (Å²) in [5.41, 5.74) is 3.58. The number of nitrogens with zero attached hydrogens (tertiary/aromatic N) is 1. The third-order valence-electron chi connectivity index (χ3n) is 5.31. The van der Waals surface area contributed by atoms with Crippen molar-refractivity contribution in [2.24, 2.45) is 0 Å². The van der Waals surface area contributed by atoms with Crippen LogP contribution in [0.15, 0.2) is 54.6 Å². The minimum atomic E-state index is -0.103. The minimum Gasteiger partial charge on any atom is -0.379 e. The van der Waals surface area contributed by atoms with Gasteiger partial charge in [0.05, 0.1) is 25.2 Å². The second-order valence-electron chi connectivity index (χ2n) is 7.19. The van der Waals surface area contributed by atoms with Crippen LogP contribution in [0.4, 0.5) is 0 Å². The molecule has 1 fully saturated rings. The molecule has 0 spiro atoms. The normalized spacial score (nSPS) is 17.3. The maximum atomic E-state index is 12.9. The summed E-state index contributed by atoms with van der Waals surface area (Å²) in [7, 11) is 0. The molecule has 0 saturated carbocycles. The number of benzene rings is 2. The van der Waals surface area contributed by atoms with Crippen LogP contribution in [-0.4, -0.2) is 43.7 Å². The number of hydrogen-bond donors (Lipinski definition) is 1. The number of morpholine rings is 1. The van der Waals surface area contributed by atoms with Crippen molar-refractivity contribution >= 4 is 5.91 Å². The highest BCUT2D eigenvalue weighted by Crippen LogP contribution is 2.24. The Morgan fingerprint density at radius 1 is 1.07 bits per heavy atom. The lowest BCUT2D eigenvalue weighted by molar-refractivity contribution is -0.123. The van der Waals surface area contributed by atoms with E-state index < -0.39 is 0 Å². The number of carbonyl (C=O) groups is 1. The second-order valence-corrected chi connectivity index (χ2v) is 7.19. The molecule has 3 rings (SSSR count). The summed E-state index contributed by atoms with van der Waals surface area (Å²) in [4.78, 5) is 15.3. The number of aryl methyl sites for hydroxylation is 1. The van der Waals surface area contributed by atoms with Crippen molar-refractivity contribution in [2.45, 2.75) is 32.2 Å². The second kappa shape index (κ2) is 9.67. The quantitative estimate of drug-likeness (QED) is 0.813.